The number of carbonyl (C=O) groups excluding carboxylic acids is 1. The van der Waals surface area contributed by atoms with E-state index in [1.165, 1.54) is 29.0 Å². The lowest BCUT2D eigenvalue weighted by molar-refractivity contribution is -0.456. The van der Waals surface area contributed by atoms with E-state index in [4.69, 9.17) is 19.3 Å². The first-order valence-electron chi connectivity index (χ1n) is 14.7. The quantitative estimate of drug-likeness (QED) is 0.0819. The van der Waals surface area contributed by atoms with Crippen molar-refractivity contribution in [2.45, 2.75) is 81.0 Å². The Morgan fingerprint density at radius 1 is 1.00 bits per heavy atom. The number of aliphatic hydroxyl groups excluding tert-OH is 3. The number of phenols is 1. The van der Waals surface area contributed by atoms with Gasteiger partial charge in [0.15, 0.2) is 17.7 Å². The molecule has 3 heterocycles. The number of carbonyl (C=O) groups is 5. The van der Waals surface area contributed by atoms with Gasteiger partial charge in [0.1, 0.15) is 42.8 Å². The van der Waals surface area contributed by atoms with Crippen molar-refractivity contribution in [1.82, 2.24) is 5.32 Å². The lowest BCUT2D eigenvalue weighted by Crippen LogP contribution is -2.60. The normalized spacial score (nSPS) is 29.2. The molecule has 1 aromatic rings. The van der Waals surface area contributed by atoms with Crippen molar-refractivity contribution in [2.24, 2.45) is 0 Å². The van der Waals surface area contributed by atoms with Crippen LogP contribution in [-0.4, -0.2) is 142 Å². The lowest BCUT2D eigenvalue weighted by atomic mass is 9.98. The molecule has 0 aliphatic carbocycles. The third-order valence-electron chi connectivity index (χ3n) is 7.93. The van der Waals surface area contributed by atoms with Crippen LogP contribution in [-0.2, 0) is 39.9 Å². The van der Waals surface area contributed by atoms with Crippen molar-refractivity contribution in [3.05, 3.63) is 41.1 Å². The molecular formula is C30H35N2O17+. The van der Waals surface area contributed by atoms with Gasteiger partial charge in [-0.05, 0) is 24.6 Å². The van der Waals surface area contributed by atoms with Gasteiger partial charge < -0.3 is 65.5 Å². The second kappa shape index (κ2) is 14.6. The highest BCUT2D eigenvalue weighted by molar-refractivity contribution is 5.89. The number of carboxylic acid groups (broad SMARTS) is 4. The Morgan fingerprint density at radius 2 is 1.69 bits per heavy atom. The Labute approximate surface area is 276 Å². The number of rotatable bonds is 12. The number of nitrogens with one attached hydrogen (secondary N) is 1. The van der Waals surface area contributed by atoms with E-state index in [9.17, 15) is 64.8 Å². The van der Waals surface area contributed by atoms with Crippen molar-refractivity contribution < 1.29 is 88.7 Å². The van der Waals surface area contributed by atoms with Crippen LogP contribution in [0, 0.1) is 0 Å². The van der Waals surface area contributed by atoms with E-state index in [-0.39, 0.29) is 35.5 Å². The van der Waals surface area contributed by atoms with E-state index >= 15 is 0 Å². The van der Waals surface area contributed by atoms with Crippen LogP contribution in [0.25, 0.3) is 0 Å². The van der Waals surface area contributed by atoms with Gasteiger partial charge in [-0.2, -0.15) is 4.58 Å². The molecule has 1 fully saturated rings. The largest absolute Gasteiger partial charge is 0.504 e. The van der Waals surface area contributed by atoms with Gasteiger partial charge in [0, 0.05) is 18.1 Å². The third-order valence-corrected chi connectivity index (χ3v) is 7.93. The van der Waals surface area contributed by atoms with E-state index < -0.39 is 103 Å². The zero-order chi connectivity index (χ0) is 36.4. The maximum Gasteiger partial charge on any atom is 0.373 e. The molecule has 0 spiro atoms. The summed E-state index contributed by atoms with van der Waals surface area (Å²) in [7, 11) is 0. The summed E-state index contributed by atoms with van der Waals surface area (Å²) in [5, 5.41) is 92.0. The topological polar surface area (TPSA) is 310 Å². The maximum absolute atomic E-state index is 12.2. The Hall–Kier alpha value is -5.08. The van der Waals surface area contributed by atoms with Gasteiger partial charge in [0.2, 0.25) is 12.0 Å². The number of esters is 1. The summed E-state index contributed by atoms with van der Waals surface area (Å²) >= 11 is 0. The van der Waals surface area contributed by atoms with Crippen LogP contribution in [0.2, 0.25) is 0 Å². The van der Waals surface area contributed by atoms with Crippen LogP contribution in [0.5, 0.6) is 11.5 Å². The highest BCUT2D eigenvalue weighted by Gasteiger charge is 2.47. The molecule has 3 aliphatic heterocycles. The van der Waals surface area contributed by atoms with Gasteiger partial charge >= 0.3 is 29.8 Å². The predicted molar refractivity (Wildman–Crippen MR) is 158 cm³/mol. The van der Waals surface area contributed by atoms with Crippen molar-refractivity contribution in [3.8, 4) is 11.5 Å². The summed E-state index contributed by atoms with van der Waals surface area (Å²) < 4.78 is 17.4. The van der Waals surface area contributed by atoms with Gasteiger partial charge in [-0.25, -0.2) is 14.4 Å². The highest BCUT2D eigenvalue weighted by atomic mass is 16.7. The van der Waals surface area contributed by atoms with Gasteiger partial charge in [0.25, 0.3) is 6.04 Å². The number of benzene rings is 1. The van der Waals surface area contributed by atoms with E-state index in [2.05, 4.69) is 5.32 Å². The zero-order valence-electron chi connectivity index (χ0n) is 25.7. The van der Waals surface area contributed by atoms with Crippen LogP contribution in [0.3, 0.4) is 0 Å². The predicted octanol–water partition coefficient (Wildman–Crippen LogP) is -2.20. The van der Waals surface area contributed by atoms with Crippen LogP contribution < -0.4 is 10.1 Å². The Bertz CT molecular complexity index is 1610. The van der Waals surface area contributed by atoms with Crippen LogP contribution in [0.4, 0.5) is 5.69 Å². The number of ether oxygens (including phenoxy) is 3. The smallest absolute Gasteiger partial charge is 0.373 e. The zero-order valence-corrected chi connectivity index (χ0v) is 25.7. The minimum Gasteiger partial charge on any atom is -0.504 e. The number of nitrogens with zero attached hydrogens (tertiary/aromatic N) is 1. The lowest BCUT2D eigenvalue weighted by Gasteiger charge is -2.40. The molecule has 19 heteroatoms. The fourth-order valence-corrected chi connectivity index (χ4v) is 5.49. The van der Waals surface area contributed by atoms with E-state index in [1.54, 1.807) is 0 Å². The summed E-state index contributed by atoms with van der Waals surface area (Å²) in [6.07, 6.45) is -6.69. The average Bonchev–Trinajstić information content (AvgIpc) is 3.35. The monoisotopic (exact) mass is 695 g/mol. The average molecular weight is 696 g/mol. The second-order valence-electron chi connectivity index (χ2n) is 12.0. The third kappa shape index (κ3) is 8.69. The minimum atomic E-state index is -1.94. The minimum absolute atomic E-state index is 0.116. The van der Waals surface area contributed by atoms with E-state index in [0.717, 1.165) is 13.0 Å². The van der Waals surface area contributed by atoms with Gasteiger partial charge in [-0.1, -0.05) is 0 Å². The molecule has 0 radical (unpaired) electrons. The molecule has 10 N–H and O–H groups in total. The SMILES string of the molecule is CC(O)(CC(=O)O)CC(=O)OC[C@H]1O[C@@H](Oc2cc3c(cc2O)[N+](=CC=C2C=C(C(=O)O)N[C@@H](C(=O)O)C2)[C@H](C(=O)O)C3)[C@H](O)[C@@H](O)[C@@H]1O. The summed E-state index contributed by atoms with van der Waals surface area (Å²) in [4.78, 5) is 58.2. The van der Waals surface area contributed by atoms with Gasteiger partial charge in [0.05, 0.1) is 30.9 Å². The fraction of sp³-hybridized carbons (Fsp3) is 0.467. The fourth-order valence-electron chi connectivity index (χ4n) is 5.49. The maximum atomic E-state index is 12.2. The molecule has 0 aromatic heterocycles. The summed E-state index contributed by atoms with van der Waals surface area (Å²) in [5.74, 6) is -7.28. The van der Waals surface area contributed by atoms with Gasteiger partial charge in [-0.3, -0.25) is 9.59 Å². The van der Waals surface area contributed by atoms with Gasteiger partial charge in [-0.15, -0.1) is 0 Å². The first-order valence-corrected chi connectivity index (χ1v) is 14.7. The van der Waals surface area contributed by atoms with Crippen molar-refractivity contribution in [3.63, 3.8) is 0 Å². The molecule has 1 aromatic carbocycles. The van der Waals surface area contributed by atoms with Crippen LogP contribution >= 0.6 is 0 Å². The standard InChI is InChI=1S/C30H34N2O17/c1-30(46,9-21(34)35)10-22(36)47-11-20-23(37)24(38)25(39)29(49-20)48-19-7-13-6-17(28(44)45)32(16(13)8-18(19)33)3-2-12-4-14(26(40)41)31-15(5-12)27(42)43/h2-4,7-8,15,17,20,23-25,29,37-39,46H,5-6,9-11H2,1H3,(H5,33,34,35,40,41,42,43,44,45)/p+1/t15-,17+,20-,23-,24+,25-,29-,30?/m1/s1. The molecular weight excluding hydrogens is 660 g/mol. The number of hydrogen-bond acceptors (Lipinski definition) is 14. The molecule has 4 rings (SSSR count). The van der Waals surface area contributed by atoms with Crippen LogP contribution in [0.15, 0.2) is 35.6 Å². The number of aliphatic hydroxyl groups is 4. The molecule has 1 saturated heterocycles. The molecule has 8 atom stereocenters. The van der Waals surface area contributed by atoms with E-state index in [1.807, 2.05) is 0 Å². The number of fused-ring (bicyclic) bond motifs is 1. The Balaban J connectivity index is 1.54. The highest BCUT2D eigenvalue weighted by Crippen LogP contribution is 2.40. The number of allylic oxidation sites excluding steroid dienone is 2. The number of aliphatic carboxylic acids is 4. The molecule has 3 aliphatic rings. The number of aromatic hydroxyl groups is 1. The van der Waals surface area contributed by atoms with Crippen molar-refractivity contribution >= 4 is 41.7 Å². The van der Waals surface area contributed by atoms with Crippen molar-refractivity contribution in [2.75, 3.05) is 6.61 Å². The second-order valence-corrected chi connectivity index (χ2v) is 12.0. The summed E-state index contributed by atoms with van der Waals surface area (Å²) in [6, 6.07) is -0.0660. The van der Waals surface area contributed by atoms with Crippen LogP contribution in [0.1, 0.15) is 31.7 Å². The molecule has 49 heavy (non-hydrogen) atoms. The molecule has 266 valence electrons. The Morgan fingerprint density at radius 3 is 2.31 bits per heavy atom. The van der Waals surface area contributed by atoms with E-state index in [0.29, 0.717) is 5.56 Å². The van der Waals surface area contributed by atoms with Crippen molar-refractivity contribution in [1.29, 1.82) is 0 Å². The molecule has 0 bridgehead atoms. The Kier molecular flexibility index (Phi) is 10.9. The first-order chi connectivity index (χ1) is 22.9. The first kappa shape index (κ1) is 36.8. The summed E-state index contributed by atoms with van der Waals surface area (Å²) in [6.45, 7) is 0.393. The summed E-state index contributed by atoms with van der Waals surface area (Å²) in [5.41, 5.74) is -1.52. The molecule has 0 saturated carbocycles. The number of phenolic OH excluding ortho intramolecular Hbond substituents is 1. The molecule has 0 amide bonds. The number of carboxylic acids is 4. The number of hydrogen-bond donors (Lipinski definition) is 10. The molecule has 1 unspecified atom stereocenters. The molecule has 19 nitrogen and oxygen atoms in total.